The van der Waals surface area contributed by atoms with E-state index in [0.717, 1.165) is 5.56 Å². The number of ketones is 1. The van der Waals surface area contributed by atoms with Crippen molar-refractivity contribution in [2.24, 2.45) is 0 Å². The highest BCUT2D eigenvalue weighted by Gasteiger charge is 2.14. The van der Waals surface area contributed by atoms with Crippen LogP contribution >= 0.6 is 0 Å². The van der Waals surface area contributed by atoms with E-state index in [4.69, 9.17) is 0 Å². The van der Waals surface area contributed by atoms with Gasteiger partial charge in [-0.1, -0.05) is 42.5 Å². The zero-order valence-corrected chi connectivity index (χ0v) is 8.79. The van der Waals surface area contributed by atoms with Crippen molar-refractivity contribution in [1.82, 2.24) is 0 Å². The molecule has 0 spiro atoms. The summed E-state index contributed by atoms with van der Waals surface area (Å²) in [7, 11) is 0. The molecule has 0 saturated heterocycles. The molecule has 1 aromatic rings. The molecular formula is C12H11NO3. The number of nitrogens with zero attached hydrogens (tertiary/aromatic N) is 1. The highest BCUT2D eigenvalue weighted by molar-refractivity contribution is 5.91. The van der Waals surface area contributed by atoms with Gasteiger partial charge in [0.15, 0.2) is 0 Å². The molecule has 0 atom stereocenters. The lowest BCUT2D eigenvalue weighted by Gasteiger charge is -1.91. The second kappa shape index (κ2) is 5.60. The van der Waals surface area contributed by atoms with Crippen molar-refractivity contribution in [3.05, 3.63) is 63.9 Å². The van der Waals surface area contributed by atoms with Crippen molar-refractivity contribution >= 4 is 11.9 Å². The Hall–Kier alpha value is -2.23. The summed E-state index contributed by atoms with van der Waals surface area (Å²) >= 11 is 0. The lowest BCUT2D eigenvalue weighted by Crippen LogP contribution is -2.06. The minimum absolute atomic E-state index is 0.410. The molecule has 0 aliphatic carbocycles. The Kier molecular flexibility index (Phi) is 4.15. The largest absolute Gasteiger partial charge is 0.311 e. The standard InChI is InChI=1S/C12H11NO3/c1-10(14)12(13(15)16)9-5-8-11-6-3-2-4-7-11/h2-9H,1H3/b8-5+,12-9+. The Morgan fingerprint density at radius 1 is 1.31 bits per heavy atom. The van der Waals surface area contributed by atoms with Gasteiger partial charge in [-0.25, -0.2) is 0 Å². The second-order valence-corrected chi connectivity index (χ2v) is 3.14. The summed E-state index contributed by atoms with van der Waals surface area (Å²) in [6.07, 6.45) is 4.40. The molecule has 0 amide bonds. The highest BCUT2D eigenvalue weighted by Crippen LogP contribution is 2.03. The van der Waals surface area contributed by atoms with Crippen molar-refractivity contribution in [3.8, 4) is 0 Å². The number of carbonyl (C=O) groups excluding carboxylic acids is 1. The Morgan fingerprint density at radius 2 is 1.94 bits per heavy atom. The molecule has 0 bridgehead atoms. The maximum Gasteiger partial charge on any atom is 0.311 e. The lowest BCUT2D eigenvalue weighted by atomic mass is 10.2. The molecule has 0 saturated carbocycles. The van der Waals surface area contributed by atoms with Crippen LogP contribution in [0.25, 0.3) is 6.08 Å². The molecule has 4 nitrogen and oxygen atoms in total. The van der Waals surface area contributed by atoms with Gasteiger partial charge in [-0.15, -0.1) is 0 Å². The minimum Gasteiger partial charge on any atom is -0.288 e. The van der Waals surface area contributed by atoms with E-state index >= 15 is 0 Å². The number of hydrogen-bond donors (Lipinski definition) is 0. The number of benzene rings is 1. The predicted octanol–water partition coefficient (Wildman–Crippen LogP) is 2.45. The molecule has 0 fully saturated rings. The van der Waals surface area contributed by atoms with Crippen LogP contribution in [-0.2, 0) is 4.79 Å². The SMILES string of the molecule is CC(=O)/C(=C\C=C\c1ccccc1)[N+](=O)[O-]. The lowest BCUT2D eigenvalue weighted by molar-refractivity contribution is -0.418. The summed E-state index contributed by atoms with van der Waals surface area (Å²) in [5, 5.41) is 10.5. The maximum atomic E-state index is 10.9. The van der Waals surface area contributed by atoms with E-state index in [-0.39, 0.29) is 0 Å². The molecule has 0 N–H and O–H groups in total. The molecule has 0 aliphatic rings. The van der Waals surface area contributed by atoms with Gasteiger partial charge in [-0.05, 0) is 5.56 Å². The zero-order valence-electron chi connectivity index (χ0n) is 8.79. The fourth-order valence-electron chi connectivity index (χ4n) is 1.12. The second-order valence-electron chi connectivity index (χ2n) is 3.14. The molecule has 4 heteroatoms. The van der Waals surface area contributed by atoms with Gasteiger partial charge in [0.05, 0.1) is 4.92 Å². The molecule has 1 aromatic carbocycles. The summed E-state index contributed by atoms with van der Waals surface area (Å²) in [4.78, 5) is 20.7. The average molecular weight is 217 g/mol. The smallest absolute Gasteiger partial charge is 0.288 e. The van der Waals surface area contributed by atoms with Crippen LogP contribution in [0.4, 0.5) is 0 Å². The minimum atomic E-state index is -0.683. The van der Waals surface area contributed by atoms with Crippen LogP contribution in [-0.4, -0.2) is 10.7 Å². The molecular weight excluding hydrogens is 206 g/mol. The summed E-state index contributed by atoms with van der Waals surface area (Å²) in [6, 6.07) is 9.34. The van der Waals surface area contributed by atoms with Gasteiger partial charge in [0.25, 0.3) is 0 Å². The van der Waals surface area contributed by atoms with Gasteiger partial charge in [0, 0.05) is 13.0 Å². The number of allylic oxidation sites excluding steroid dienone is 3. The Bertz CT molecular complexity index is 431. The number of rotatable bonds is 4. The first-order valence-electron chi connectivity index (χ1n) is 4.70. The van der Waals surface area contributed by atoms with E-state index in [1.165, 1.54) is 19.1 Å². The molecule has 0 radical (unpaired) electrons. The summed E-state index contributed by atoms with van der Waals surface area (Å²) in [5.74, 6) is -0.553. The Balaban J connectivity index is 2.82. The van der Waals surface area contributed by atoms with Crippen LogP contribution in [0.2, 0.25) is 0 Å². The first-order chi connectivity index (χ1) is 7.61. The third kappa shape index (κ3) is 3.49. The normalized spacial score (nSPS) is 11.7. The van der Waals surface area contributed by atoms with E-state index < -0.39 is 16.4 Å². The number of carbonyl (C=O) groups is 1. The summed E-state index contributed by atoms with van der Waals surface area (Å²) < 4.78 is 0. The van der Waals surface area contributed by atoms with Crippen molar-refractivity contribution in [2.75, 3.05) is 0 Å². The number of hydrogen-bond acceptors (Lipinski definition) is 3. The third-order valence-electron chi connectivity index (χ3n) is 1.90. The van der Waals surface area contributed by atoms with Crippen molar-refractivity contribution in [1.29, 1.82) is 0 Å². The third-order valence-corrected chi connectivity index (χ3v) is 1.90. The van der Waals surface area contributed by atoms with E-state index in [1.54, 1.807) is 6.08 Å². The number of Topliss-reactive ketones (excluding diaryl/α,β-unsaturated/α-hetero) is 1. The fourth-order valence-corrected chi connectivity index (χ4v) is 1.12. The fraction of sp³-hybridized carbons (Fsp3) is 0.0833. The van der Waals surface area contributed by atoms with E-state index in [0.29, 0.717) is 0 Å². The summed E-state index contributed by atoms with van der Waals surface area (Å²) in [5.41, 5.74) is 0.511. The highest BCUT2D eigenvalue weighted by atomic mass is 16.6. The van der Waals surface area contributed by atoms with Gasteiger partial charge >= 0.3 is 5.70 Å². The summed E-state index contributed by atoms with van der Waals surface area (Å²) in [6.45, 7) is 1.17. The quantitative estimate of drug-likeness (QED) is 0.337. The van der Waals surface area contributed by atoms with Crippen LogP contribution in [0.3, 0.4) is 0 Å². The van der Waals surface area contributed by atoms with Crippen molar-refractivity contribution in [3.63, 3.8) is 0 Å². The molecule has 1 rings (SSSR count). The van der Waals surface area contributed by atoms with Crippen LogP contribution in [0.15, 0.2) is 48.2 Å². The van der Waals surface area contributed by atoms with Crippen molar-refractivity contribution in [2.45, 2.75) is 6.92 Å². The van der Waals surface area contributed by atoms with Gasteiger partial charge in [-0.2, -0.15) is 0 Å². The Labute approximate surface area is 93.1 Å². The monoisotopic (exact) mass is 217 g/mol. The molecule has 0 heterocycles. The predicted molar refractivity (Wildman–Crippen MR) is 61.2 cm³/mol. The average Bonchev–Trinajstić information content (AvgIpc) is 2.24. The Morgan fingerprint density at radius 3 is 2.44 bits per heavy atom. The topological polar surface area (TPSA) is 60.2 Å². The van der Waals surface area contributed by atoms with Gasteiger partial charge < -0.3 is 0 Å². The molecule has 82 valence electrons. The van der Waals surface area contributed by atoms with Crippen LogP contribution < -0.4 is 0 Å². The van der Waals surface area contributed by atoms with Crippen LogP contribution in [0.1, 0.15) is 12.5 Å². The maximum absolute atomic E-state index is 10.9. The molecule has 0 aromatic heterocycles. The number of nitro groups is 1. The first-order valence-corrected chi connectivity index (χ1v) is 4.70. The van der Waals surface area contributed by atoms with E-state index in [2.05, 4.69) is 0 Å². The van der Waals surface area contributed by atoms with Crippen LogP contribution in [0, 0.1) is 10.1 Å². The molecule has 0 aliphatic heterocycles. The molecule has 16 heavy (non-hydrogen) atoms. The van der Waals surface area contributed by atoms with Gasteiger partial charge in [0.2, 0.25) is 5.78 Å². The van der Waals surface area contributed by atoms with E-state index in [9.17, 15) is 14.9 Å². The van der Waals surface area contributed by atoms with Gasteiger partial charge in [-0.3, -0.25) is 14.9 Å². The first kappa shape index (κ1) is 11.8. The van der Waals surface area contributed by atoms with Crippen LogP contribution in [0.5, 0.6) is 0 Å². The molecule has 0 unspecified atom stereocenters. The zero-order chi connectivity index (χ0) is 12.0. The van der Waals surface area contributed by atoms with Crippen molar-refractivity contribution < 1.29 is 9.72 Å². The van der Waals surface area contributed by atoms with E-state index in [1.807, 2.05) is 30.3 Å². The van der Waals surface area contributed by atoms with Gasteiger partial charge in [0.1, 0.15) is 0 Å².